The molecule has 2 heterocycles. The van der Waals surface area contributed by atoms with Crippen molar-refractivity contribution in [3.05, 3.63) is 65.7 Å². The monoisotopic (exact) mass is 367 g/mol. The maximum absolute atomic E-state index is 13.0. The molecule has 0 spiro atoms. The lowest BCUT2D eigenvalue weighted by Crippen LogP contribution is -2.50. The number of nitrogens with zero attached hydrogens (tertiary/aromatic N) is 1. The number of rotatable bonds is 3. The highest BCUT2D eigenvalue weighted by Gasteiger charge is 2.45. The van der Waals surface area contributed by atoms with E-state index < -0.39 is 11.4 Å². The molecule has 1 atom stereocenters. The van der Waals surface area contributed by atoms with E-state index in [-0.39, 0.29) is 11.8 Å². The zero-order valence-corrected chi connectivity index (χ0v) is 15.2. The molecule has 134 valence electrons. The Morgan fingerprint density at radius 2 is 1.65 bits per heavy atom. The van der Waals surface area contributed by atoms with Crippen molar-refractivity contribution in [1.82, 2.24) is 4.90 Å². The van der Waals surface area contributed by atoms with Gasteiger partial charge in [0.25, 0.3) is 0 Å². The smallest absolute Gasteiger partial charge is 0.314 e. The fourth-order valence-corrected chi connectivity index (χ4v) is 5.30. The zero-order chi connectivity index (χ0) is 18.1. The van der Waals surface area contributed by atoms with Crippen LogP contribution in [0.25, 0.3) is 0 Å². The van der Waals surface area contributed by atoms with Crippen LogP contribution in [0.2, 0.25) is 0 Å². The molecule has 4 rings (SSSR count). The summed E-state index contributed by atoms with van der Waals surface area (Å²) in [4.78, 5) is 28.2. The second-order valence-corrected chi connectivity index (χ2v) is 8.04. The Morgan fingerprint density at radius 1 is 1.00 bits per heavy atom. The fourth-order valence-electron chi connectivity index (χ4n) is 4.08. The molecule has 1 fully saturated rings. The summed E-state index contributed by atoms with van der Waals surface area (Å²) in [7, 11) is 0. The number of benzene rings is 2. The summed E-state index contributed by atoms with van der Waals surface area (Å²) in [5, 5.41) is 9.90. The third-order valence-corrected chi connectivity index (χ3v) is 6.85. The number of hydrogen-bond donors (Lipinski definition) is 1. The first kappa shape index (κ1) is 17.2. The van der Waals surface area contributed by atoms with Gasteiger partial charge in [-0.2, -0.15) is 0 Å². The number of carboxylic acid groups (broad SMARTS) is 1. The normalized spacial score (nSPS) is 21.2. The quantitative estimate of drug-likeness (QED) is 0.902. The summed E-state index contributed by atoms with van der Waals surface area (Å²) in [5.74, 6) is 0.00887. The van der Waals surface area contributed by atoms with Crippen LogP contribution in [0.5, 0.6) is 0 Å². The number of carbonyl (C=O) groups excluding carboxylic acids is 1. The average Bonchev–Trinajstić information content (AvgIpc) is 3.12. The Morgan fingerprint density at radius 3 is 2.35 bits per heavy atom. The zero-order valence-electron chi connectivity index (χ0n) is 14.4. The van der Waals surface area contributed by atoms with Crippen molar-refractivity contribution in [2.45, 2.75) is 29.1 Å². The number of hydrogen-bond acceptors (Lipinski definition) is 3. The van der Waals surface area contributed by atoms with Crippen molar-refractivity contribution < 1.29 is 14.7 Å². The van der Waals surface area contributed by atoms with Crippen molar-refractivity contribution >= 4 is 23.6 Å². The Bertz CT molecular complexity index is 828. The molecular formula is C21H21NO3S. The second-order valence-electron chi connectivity index (χ2n) is 6.98. The van der Waals surface area contributed by atoms with E-state index in [9.17, 15) is 14.7 Å². The van der Waals surface area contributed by atoms with Crippen LogP contribution < -0.4 is 0 Å². The molecule has 0 bridgehead atoms. The maximum Gasteiger partial charge on any atom is 0.314 e. The summed E-state index contributed by atoms with van der Waals surface area (Å²) >= 11 is 1.73. The van der Waals surface area contributed by atoms with E-state index in [1.165, 1.54) is 4.90 Å². The lowest BCUT2D eigenvalue weighted by molar-refractivity contribution is -0.148. The summed E-state index contributed by atoms with van der Waals surface area (Å²) in [6.07, 6.45) is 0.916. The summed E-state index contributed by atoms with van der Waals surface area (Å²) in [5.41, 5.74) is 1.06. The van der Waals surface area contributed by atoms with Gasteiger partial charge in [-0.1, -0.05) is 48.5 Å². The van der Waals surface area contributed by atoms with E-state index in [2.05, 4.69) is 6.07 Å². The maximum atomic E-state index is 13.0. The molecule has 2 aromatic rings. The van der Waals surface area contributed by atoms with Crippen LogP contribution in [0.4, 0.5) is 0 Å². The molecule has 1 N–H and O–H groups in total. The number of thioether (sulfide) groups is 1. The van der Waals surface area contributed by atoms with Crippen LogP contribution in [-0.2, 0) is 15.0 Å². The molecule has 0 aliphatic carbocycles. The van der Waals surface area contributed by atoms with Gasteiger partial charge in [0.1, 0.15) is 0 Å². The molecular weight excluding hydrogens is 346 g/mol. The van der Waals surface area contributed by atoms with E-state index >= 15 is 0 Å². The van der Waals surface area contributed by atoms with Crippen LogP contribution in [0.1, 0.15) is 29.9 Å². The molecule has 2 aliphatic rings. The third kappa shape index (κ3) is 2.80. The average molecular weight is 367 g/mol. The van der Waals surface area contributed by atoms with Gasteiger partial charge in [-0.15, -0.1) is 11.8 Å². The van der Waals surface area contributed by atoms with E-state index in [0.29, 0.717) is 25.9 Å². The number of amides is 1. The highest BCUT2D eigenvalue weighted by atomic mass is 32.2. The molecule has 4 nitrogen and oxygen atoms in total. The summed E-state index contributed by atoms with van der Waals surface area (Å²) in [6, 6.07) is 17.5. The van der Waals surface area contributed by atoms with Crippen molar-refractivity contribution in [1.29, 1.82) is 0 Å². The minimum absolute atomic E-state index is 0.106. The van der Waals surface area contributed by atoms with E-state index in [1.807, 2.05) is 53.4 Å². The lowest BCUT2D eigenvalue weighted by atomic mass is 9.72. The lowest BCUT2D eigenvalue weighted by Gasteiger charge is -2.40. The molecule has 0 radical (unpaired) electrons. The molecule has 0 saturated carbocycles. The number of fused-ring (bicyclic) bond motifs is 1. The predicted molar refractivity (Wildman–Crippen MR) is 101 cm³/mol. The summed E-state index contributed by atoms with van der Waals surface area (Å²) < 4.78 is 0. The number of piperidine rings is 1. The molecule has 5 heteroatoms. The standard InChI is InChI=1S/C21H21NO3S/c23-19(17-14-26-18-9-5-4-8-16(17)18)22-12-10-21(11-13-22,20(24)25)15-6-2-1-3-7-15/h1-9,17H,10-14H2,(H,24,25)/t17-/m0/s1. The third-order valence-electron chi connectivity index (χ3n) is 5.66. The second kappa shape index (κ2) is 6.80. The largest absolute Gasteiger partial charge is 0.481 e. The highest BCUT2D eigenvalue weighted by Crippen LogP contribution is 2.42. The fraction of sp³-hybridized carbons (Fsp3) is 0.333. The van der Waals surface area contributed by atoms with Gasteiger partial charge < -0.3 is 10.0 Å². The van der Waals surface area contributed by atoms with Crippen molar-refractivity contribution in [2.75, 3.05) is 18.8 Å². The van der Waals surface area contributed by atoms with E-state index in [4.69, 9.17) is 0 Å². The Balaban J connectivity index is 1.51. The first-order valence-electron chi connectivity index (χ1n) is 8.91. The Labute approximate surface area is 157 Å². The Hall–Kier alpha value is -2.27. The van der Waals surface area contributed by atoms with E-state index in [1.54, 1.807) is 11.8 Å². The minimum atomic E-state index is -0.889. The van der Waals surface area contributed by atoms with Gasteiger partial charge in [0.2, 0.25) is 5.91 Å². The van der Waals surface area contributed by atoms with E-state index in [0.717, 1.165) is 16.9 Å². The van der Waals surface area contributed by atoms with Gasteiger partial charge in [-0.05, 0) is 30.0 Å². The van der Waals surface area contributed by atoms with Gasteiger partial charge >= 0.3 is 5.97 Å². The van der Waals surface area contributed by atoms with Gasteiger partial charge in [-0.3, -0.25) is 9.59 Å². The molecule has 1 saturated heterocycles. The van der Waals surface area contributed by atoms with Crippen molar-refractivity contribution in [2.24, 2.45) is 0 Å². The van der Waals surface area contributed by atoms with Gasteiger partial charge in [0, 0.05) is 23.7 Å². The van der Waals surface area contributed by atoms with Crippen LogP contribution in [0.15, 0.2) is 59.5 Å². The molecule has 2 aromatic carbocycles. The topological polar surface area (TPSA) is 57.6 Å². The minimum Gasteiger partial charge on any atom is -0.481 e. The van der Waals surface area contributed by atoms with Gasteiger partial charge in [0.05, 0.1) is 11.3 Å². The predicted octanol–water partition coefficient (Wildman–Crippen LogP) is 3.52. The number of likely N-dealkylation sites (tertiary alicyclic amines) is 1. The van der Waals surface area contributed by atoms with Crippen LogP contribution in [0.3, 0.4) is 0 Å². The molecule has 1 amide bonds. The number of aliphatic carboxylic acids is 1. The van der Waals surface area contributed by atoms with Crippen LogP contribution in [-0.4, -0.2) is 40.7 Å². The SMILES string of the molecule is O=C([C@H]1CSc2ccccc21)N1CCC(C(=O)O)(c2ccccc2)CC1. The summed E-state index contributed by atoms with van der Waals surface area (Å²) in [6.45, 7) is 0.979. The van der Waals surface area contributed by atoms with Crippen LogP contribution >= 0.6 is 11.8 Å². The molecule has 0 aromatic heterocycles. The number of carbonyl (C=O) groups is 2. The first-order valence-corrected chi connectivity index (χ1v) is 9.90. The van der Waals surface area contributed by atoms with Crippen molar-refractivity contribution in [3.8, 4) is 0 Å². The van der Waals surface area contributed by atoms with Crippen molar-refractivity contribution in [3.63, 3.8) is 0 Å². The first-order chi connectivity index (χ1) is 12.6. The molecule has 26 heavy (non-hydrogen) atoms. The highest BCUT2D eigenvalue weighted by molar-refractivity contribution is 7.99. The van der Waals surface area contributed by atoms with Crippen LogP contribution in [0, 0.1) is 0 Å². The molecule has 2 aliphatic heterocycles. The number of carboxylic acids is 1. The van der Waals surface area contributed by atoms with Gasteiger partial charge in [-0.25, -0.2) is 0 Å². The Kier molecular flexibility index (Phi) is 4.49. The van der Waals surface area contributed by atoms with Gasteiger partial charge in [0.15, 0.2) is 0 Å². The molecule has 0 unspecified atom stereocenters.